The Morgan fingerprint density at radius 3 is 2.41 bits per heavy atom. The summed E-state index contributed by atoms with van der Waals surface area (Å²) in [6, 6.07) is 0.271. The fourth-order valence-corrected chi connectivity index (χ4v) is 2.41. The Labute approximate surface area is 105 Å². The Kier molecular flexibility index (Phi) is 7.85. The zero-order valence-corrected chi connectivity index (χ0v) is 10.9. The Morgan fingerprint density at radius 1 is 1.06 bits per heavy atom. The monoisotopic (exact) mass is 242 g/mol. The molecule has 1 aliphatic heterocycles. The summed E-state index contributed by atoms with van der Waals surface area (Å²) < 4.78 is 0. The minimum absolute atomic E-state index is 0.271. The smallest absolute Gasteiger partial charge is 0.427 e. The van der Waals surface area contributed by atoms with Gasteiger partial charge in [0.05, 0.1) is 0 Å². The first-order chi connectivity index (χ1) is 8.18. The highest BCUT2D eigenvalue weighted by atomic mass is 16.4. The number of hydrogen-bond acceptors (Lipinski definition) is 4. The van der Waals surface area contributed by atoms with E-state index in [1.165, 1.54) is 32.4 Å². The van der Waals surface area contributed by atoms with Crippen LogP contribution in [0.2, 0.25) is 6.32 Å². The molecule has 1 rings (SSSR count). The summed E-state index contributed by atoms with van der Waals surface area (Å²) in [5.41, 5.74) is 6.06. The second-order valence-electron chi connectivity index (χ2n) is 5.22. The van der Waals surface area contributed by atoms with Gasteiger partial charge in [0.2, 0.25) is 0 Å². The van der Waals surface area contributed by atoms with Gasteiger partial charge in [-0.05, 0) is 51.6 Å². The molecule has 4 nitrogen and oxygen atoms in total. The number of nitrogens with zero attached hydrogens (tertiary/aromatic N) is 1. The number of rotatable bonds is 8. The Morgan fingerprint density at radius 2 is 1.76 bits per heavy atom. The second kappa shape index (κ2) is 8.92. The van der Waals surface area contributed by atoms with Crippen molar-refractivity contribution in [2.24, 2.45) is 5.73 Å². The fraction of sp³-hybridized carbons (Fsp3) is 1.00. The summed E-state index contributed by atoms with van der Waals surface area (Å²) in [5.74, 6) is 0. The van der Waals surface area contributed by atoms with Crippen LogP contribution in [0.1, 0.15) is 44.9 Å². The maximum Gasteiger partial charge on any atom is 0.451 e. The van der Waals surface area contributed by atoms with Crippen molar-refractivity contribution in [1.82, 2.24) is 4.90 Å². The van der Waals surface area contributed by atoms with E-state index in [1.54, 1.807) is 0 Å². The molecule has 17 heavy (non-hydrogen) atoms. The van der Waals surface area contributed by atoms with Gasteiger partial charge in [0, 0.05) is 6.04 Å². The molecule has 0 aromatic heterocycles. The lowest BCUT2D eigenvalue weighted by Gasteiger charge is -2.27. The molecule has 0 aromatic rings. The number of hydrogen-bond donors (Lipinski definition) is 3. The van der Waals surface area contributed by atoms with Gasteiger partial charge >= 0.3 is 7.12 Å². The molecule has 4 N–H and O–H groups in total. The van der Waals surface area contributed by atoms with Crippen molar-refractivity contribution in [3.05, 3.63) is 0 Å². The van der Waals surface area contributed by atoms with Crippen LogP contribution in [0.4, 0.5) is 0 Å². The number of unbranched alkanes of at least 4 members (excludes halogenated alkanes) is 1. The van der Waals surface area contributed by atoms with Crippen LogP contribution in [0.15, 0.2) is 0 Å². The summed E-state index contributed by atoms with van der Waals surface area (Å²) in [6.45, 7) is 3.61. The molecule has 0 aromatic carbocycles. The van der Waals surface area contributed by atoms with Gasteiger partial charge in [-0.15, -0.1) is 0 Å². The molecular weight excluding hydrogens is 215 g/mol. The van der Waals surface area contributed by atoms with E-state index in [0.29, 0.717) is 6.32 Å². The standard InChI is InChI=1S/C12H27BN2O2/c14-12(6-2-3-8-13(16)17)7-11-15-9-4-1-5-10-15/h12,16-17H,1-11,14H2. The van der Waals surface area contributed by atoms with Crippen LogP contribution in [0.5, 0.6) is 0 Å². The van der Waals surface area contributed by atoms with Crippen LogP contribution >= 0.6 is 0 Å². The SMILES string of the molecule is NC(CCCCB(O)O)CCN1CCCCC1. The van der Waals surface area contributed by atoms with Gasteiger partial charge in [0.15, 0.2) is 0 Å². The van der Waals surface area contributed by atoms with E-state index < -0.39 is 7.12 Å². The van der Waals surface area contributed by atoms with Crippen LogP contribution < -0.4 is 5.73 Å². The number of likely N-dealkylation sites (tertiary alicyclic amines) is 1. The zero-order valence-electron chi connectivity index (χ0n) is 10.9. The van der Waals surface area contributed by atoms with Crippen LogP contribution in [-0.4, -0.2) is 47.7 Å². The van der Waals surface area contributed by atoms with Crippen molar-refractivity contribution >= 4 is 7.12 Å². The molecule has 1 atom stereocenters. The van der Waals surface area contributed by atoms with Crippen molar-refractivity contribution in [3.63, 3.8) is 0 Å². The third-order valence-corrected chi connectivity index (χ3v) is 3.55. The summed E-state index contributed by atoms with van der Waals surface area (Å²) >= 11 is 0. The molecule has 0 aliphatic carbocycles. The van der Waals surface area contributed by atoms with Crippen LogP contribution in [-0.2, 0) is 0 Å². The largest absolute Gasteiger partial charge is 0.451 e. The molecule has 0 radical (unpaired) electrons. The molecule has 1 unspecified atom stereocenters. The molecule has 0 spiro atoms. The molecule has 100 valence electrons. The first-order valence-corrected chi connectivity index (χ1v) is 7.02. The van der Waals surface area contributed by atoms with Crippen LogP contribution in [0.25, 0.3) is 0 Å². The lowest BCUT2D eigenvalue weighted by Crippen LogP contribution is -2.34. The van der Waals surface area contributed by atoms with E-state index in [-0.39, 0.29) is 6.04 Å². The van der Waals surface area contributed by atoms with Crippen molar-refractivity contribution in [2.75, 3.05) is 19.6 Å². The highest BCUT2D eigenvalue weighted by molar-refractivity contribution is 6.40. The van der Waals surface area contributed by atoms with Crippen LogP contribution in [0.3, 0.4) is 0 Å². The van der Waals surface area contributed by atoms with Gasteiger partial charge in [0.25, 0.3) is 0 Å². The Bertz CT molecular complexity index is 187. The first kappa shape index (κ1) is 15.0. The Hall–Kier alpha value is -0.0951. The molecule has 0 saturated carbocycles. The maximum atomic E-state index is 8.71. The quantitative estimate of drug-likeness (QED) is 0.435. The molecule has 1 fully saturated rings. The lowest BCUT2D eigenvalue weighted by atomic mass is 9.83. The average molecular weight is 242 g/mol. The summed E-state index contributed by atoms with van der Waals surface area (Å²) in [7, 11) is -1.15. The van der Waals surface area contributed by atoms with E-state index in [9.17, 15) is 0 Å². The van der Waals surface area contributed by atoms with Crippen molar-refractivity contribution in [1.29, 1.82) is 0 Å². The highest BCUT2D eigenvalue weighted by Crippen LogP contribution is 2.11. The van der Waals surface area contributed by atoms with E-state index >= 15 is 0 Å². The summed E-state index contributed by atoms with van der Waals surface area (Å²) in [5, 5.41) is 17.4. The van der Waals surface area contributed by atoms with E-state index in [0.717, 1.165) is 32.2 Å². The molecular formula is C12H27BN2O2. The lowest BCUT2D eigenvalue weighted by molar-refractivity contribution is 0.219. The normalized spacial score (nSPS) is 19.2. The van der Waals surface area contributed by atoms with E-state index in [2.05, 4.69) is 4.90 Å². The van der Waals surface area contributed by atoms with Gasteiger partial charge in [-0.2, -0.15) is 0 Å². The van der Waals surface area contributed by atoms with Crippen molar-refractivity contribution in [2.45, 2.75) is 57.3 Å². The van der Waals surface area contributed by atoms with E-state index in [1.807, 2.05) is 0 Å². The molecule has 1 saturated heterocycles. The van der Waals surface area contributed by atoms with Crippen LogP contribution in [0, 0.1) is 0 Å². The molecule has 1 aliphatic rings. The maximum absolute atomic E-state index is 8.71. The fourth-order valence-electron chi connectivity index (χ4n) is 2.41. The van der Waals surface area contributed by atoms with Crippen molar-refractivity contribution < 1.29 is 10.0 Å². The summed E-state index contributed by atoms with van der Waals surface area (Å²) in [6.07, 6.45) is 8.45. The van der Waals surface area contributed by atoms with Gasteiger partial charge in [-0.25, -0.2) is 0 Å². The highest BCUT2D eigenvalue weighted by Gasteiger charge is 2.12. The zero-order chi connectivity index (χ0) is 12.5. The number of piperidine rings is 1. The summed E-state index contributed by atoms with van der Waals surface area (Å²) in [4.78, 5) is 2.51. The number of nitrogens with two attached hydrogens (primary N) is 1. The average Bonchev–Trinajstić information content (AvgIpc) is 2.33. The van der Waals surface area contributed by atoms with Gasteiger partial charge in [0.1, 0.15) is 0 Å². The minimum atomic E-state index is -1.15. The molecule has 0 amide bonds. The minimum Gasteiger partial charge on any atom is -0.427 e. The molecule has 5 heteroatoms. The van der Waals surface area contributed by atoms with Gasteiger partial charge in [-0.3, -0.25) is 0 Å². The first-order valence-electron chi connectivity index (χ1n) is 7.02. The molecule has 1 heterocycles. The molecule has 0 bridgehead atoms. The Balaban J connectivity index is 1.94. The van der Waals surface area contributed by atoms with Gasteiger partial charge < -0.3 is 20.7 Å². The second-order valence-corrected chi connectivity index (χ2v) is 5.22. The third kappa shape index (κ3) is 7.76. The van der Waals surface area contributed by atoms with Gasteiger partial charge in [-0.1, -0.05) is 19.3 Å². The topological polar surface area (TPSA) is 69.7 Å². The predicted molar refractivity (Wildman–Crippen MR) is 71.7 cm³/mol. The van der Waals surface area contributed by atoms with E-state index in [4.69, 9.17) is 15.8 Å². The predicted octanol–water partition coefficient (Wildman–Crippen LogP) is 0.833. The van der Waals surface area contributed by atoms with Crippen molar-refractivity contribution in [3.8, 4) is 0 Å². The third-order valence-electron chi connectivity index (χ3n) is 3.55.